The molecule has 0 unspecified atom stereocenters. The SMILES string of the molecule is O[C@H]1CON(CCC2=CCCCC2)C1. The van der Waals surface area contributed by atoms with Crippen molar-refractivity contribution in [1.82, 2.24) is 5.06 Å². The van der Waals surface area contributed by atoms with Gasteiger partial charge < -0.3 is 5.11 Å². The summed E-state index contributed by atoms with van der Waals surface area (Å²) in [6, 6.07) is 0. The van der Waals surface area contributed by atoms with Gasteiger partial charge >= 0.3 is 0 Å². The van der Waals surface area contributed by atoms with Gasteiger partial charge in [-0.05, 0) is 32.1 Å². The van der Waals surface area contributed by atoms with E-state index >= 15 is 0 Å². The minimum absolute atomic E-state index is 0.282. The lowest BCUT2D eigenvalue weighted by Gasteiger charge is -2.17. The number of nitrogens with zero attached hydrogens (tertiary/aromatic N) is 1. The second kappa shape index (κ2) is 4.91. The summed E-state index contributed by atoms with van der Waals surface area (Å²) in [7, 11) is 0. The van der Waals surface area contributed by atoms with Crippen LogP contribution in [0.1, 0.15) is 32.1 Å². The van der Waals surface area contributed by atoms with Crippen LogP contribution in [-0.2, 0) is 4.84 Å². The van der Waals surface area contributed by atoms with Crippen molar-refractivity contribution in [3.05, 3.63) is 11.6 Å². The molecule has 80 valence electrons. The molecule has 3 heteroatoms. The molecule has 1 N–H and O–H groups in total. The third kappa shape index (κ3) is 2.80. The molecule has 0 aromatic heterocycles. The molecular formula is C11H19NO2. The Morgan fingerprint density at radius 1 is 1.50 bits per heavy atom. The monoisotopic (exact) mass is 197 g/mol. The lowest BCUT2D eigenvalue weighted by Crippen LogP contribution is -2.22. The van der Waals surface area contributed by atoms with Crippen molar-refractivity contribution in [2.24, 2.45) is 0 Å². The third-order valence-corrected chi connectivity index (χ3v) is 2.93. The Morgan fingerprint density at radius 3 is 3.07 bits per heavy atom. The molecule has 0 aromatic carbocycles. The quantitative estimate of drug-likeness (QED) is 0.696. The van der Waals surface area contributed by atoms with E-state index in [-0.39, 0.29) is 6.10 Å². The summed E-state index contributed by atoms with van der Waals surface area (Å²) in [5.41, 5.74) is 1.57. The fraction of sp³-hybridized carbons (Fsp3) is 0.818. The molecule has 3 nitrogen and oxygen atoms in total. The average Bonchev–Trinajstić information content (AvgIpc) is 2.63. The van der Waals surface area contributed by atoms with E-state index in [2.05, 4.69) is 6.08 Å². The van der Waals surface area contributed by atoms with Gasteiger partial charge in [-0.1, -0.05) is 11.6 Å². The highest BCUT2D eigenvalue weighted by Gasteiger charge is 2.20. The van der Waals surface area contributed by atoms with Crippen LogP contribution in [0.2, 0.25) is 0 Å². The molecule has 1 aliphatic carbocycles. The summed E-state index contributed by atoms with van der Waals surface area (Å²) in [6.45, 7) is 2.08. The van der Waals surface area contributed by atoms with Crippen LogP contribution in [0.25, 0.3) is 0 Å². The molecule has 14 heavy (non-hydrogen) atoms. The summed E-state index contributed by atoms with van der Waals surface area (Å²) in [5, 5.41) is 11.1. The van der Waals surface area contributed by atoms with Gasteiger partial charge in [-0.3, -0.25) is 4.84 Å². The van der Waals surface area contributed by atoms with E-state index in [0.717, 1.165) is 13.0 Å². The first-order chi connectivity index (χ1) is 6.84. The van der Waals surface area contributed by atoms with Crippen molar-refractivity contribution in [2.75, 3.05) is 19.7 Å². The van der Waals surface area contributed by atoms with E-state index < -0.39 is 0 Å². The van der Waals surface area contributed by atoms with Crippen LogP contribution in [0.15, 0.2) is 11.6 Å². The van der Waals surface area contributed by atoms with E-state index in [4.69, 9.17) is 4.84 Å². The van der Waals surface area contributed by atoms with E-state index in [1.807, 2.05) is 5.06 Å². The van der Waals surface area contributed by atoms with E-state index in [1.165, 1.54) is 25.7 Å². The number of aliphatic hydroxyl groups excluding tert-OH is 1. The first-order valence-electron chi connectivity index (χ1n) is 5.58. The van der Waals surface area contributed by atoms with Crippen LogP contribution in [0.5, 0.6) is 0 Å². The molecular weight excluding hydrogens is 178 g/mol. The van der Waals surface area contributed by atoms with E-state index in [1.54, 1.807) is 5.57 Å². The van der Waals surface area contributed by atoms with Gasteiger partial charge in [0.05, 0.1) is 19.3 Å². The maximum atomic E-state index is 9.26. The van der Waals surface area contributed by atoms with Gasteiger partial charge in [-0.25, -0.2) is 0 Å². The van der Waals surface area contributed by atoms with Gasteiger partial charge in [0.1, 0.15) is 0 Å². The Bertz CT molecular complexity index is 215. The molecule has 0 radical (unpaired) electrons. The largest absolute Gasteiger partial charge is 0.389 e. The molecule has 2 rings (SSSR count). The molecule has 1 fully saturated rings. The zero-order valence-corrected chi connectivity index (χ0v) is 8.61. The van der Waals surface area contributed by atoms with Crippen LogP contribution in [-0.4, -0.2) is 36.0 Å². The van der Waals surface area contributed by atoms with Gasteiger partial charge in [0.2, 0.25) is 0 Å². The van der Waals surface area contributed by atoms with E-state index in [9.17, 15) is 5.11 Å². The average molecular weight is 197 g/mol. The molecule has 0 aromatic rings. The standard InChI is InChI=1S/C11H19NO2/c13-11-8-12(14-9-11)7-6-10-4-2-1-3-5-10/h4,11,13H,1-3,5-9H2/t11-/m1/s1. The number of aliphatic hydroxyl groups is 1. The first kappa shape index (κ1) is 10.1. The minimum Gasteiger partial charge on any atom is -0.389 e. The Labute approximate surface area is 85.3 Å². The van der Waals surface area contributed by atoms with Crippen LogP contribution in [0.3, 0.4) is 0 Å². The van der Waals surface area contributed by atoms with Crippen LogP contribution >= 0.6 is 0 Å². The van der Waals surface area contributed by atoms with Crippen LogP contribution < -0.4 is 0 Å². The van der Waals surface area contributed by atoms with Gasteiger partial charge in [-0.15, -0.1) is 0 Å². The third-order valence-electron chi connectivity index (χ3n) is 2.93. The Hall–Kier alpha value is -0.380. The minimum atomic E-state index is -0.282. The second-order valence-corrected chi connectivity index (χ2v) is 4.20. The zero-order valence-electron chi connectivity index (χ0n) is 8.61. The normalized spacial score (nSPS) is 29.2. The summed E-state index contributed by atoms with van der Waals surface area (Å²) < 4.78 is 0. The summed E-state index contributed by atoms with van der Waals surface area (Å²) in [4.78, 5) is 5.31. The predicted molar refractivity (Wildman–Crippen MR) is 54.7 cm³/mol. The van der Waals surface area contributed by atoms with Crippen molar-refractivity contribution in [3.8, 4) is 0 Å². The molecule has 1 saturated heterocycles. The van der Waals surface area contributed by atoms with Gasteiger partial charge in [-0.2, -0.15) is 5.06 Å². The summed E-state index contributed by atoms with van der Waals surface area (Å²) >= 11 is 0. The predicted octanol–water partition coefficient (Wildman–Crippen LogP) is 1.48. The van der Waals surface area contributed by atoms with Crippen molar-refractivity contribution >= 4 is 0 Å². The highest BCUT2D eigenvalue weighted by Crippen LogP contribution is 2.20. The smallest absolute Gasteiger partial charge is 0.0958 e. The van der Waals surface area contributed by atoms with Gasteiger partial charge in [0, 0.05) is 6.54 Å². The lowest BCUT2D eigenvalue weighted by molar-refractivity contribution is -0.109. The second-order valence-electron chi connectivity index (χ2n) is 4.20. The summed E-state index contributed by atoms with van der Waals surface area (Å²) in [5.74, 6) is 0. The number of rotatable bonds is 3. The number of hydrogen-bond acceptors (Lipinski definition) is 3. The Kier molecular flexibility index (Phi) is 3.56. The van der Waals surface area contributed by atoms with Crippen LogP contribution in [0.4, 0.5) is 0 Å². The number of β-amino-alcohol motifs (C(OH)–C–C–N with tert-alkyl or cyclic N) is 1. The first-order valence-corrected chi connectivity index (χ1v) is 5.58. The number of hydroxylamine groups is 2. The molecule has 1 atom stereocenters. The Balaban J connectivity index is 1.69. The van der Waals surface area contributed by atoms with Crippen molar-refractivity contribution in [2.45, 2.75) is 38.2 Å². The maximum Gasteiger partial charge on any atom is 0.0958 e. The fourth-order valence-corrected chi connectivity index (χ4v) is 2.09. The highest BCUT2D eigenvalue weighted by atomic mass is 16.7. The molecule has 0 spiro atoms. The molecule has 1 heterocycles. The molecule has 2 aliphatic rings. The van der Waals surface area contributed by atoms with Gasteiger partial charge in [0.25, 0.3) is 0 Å². The topological polar surface area (TPSA) is 32.7 Å². The van der Waals surface area contributed by atoms with Crippen molar-refractivity contribution < 1.29 is 9.94 Å². The fourth-order valence-electron chi connectivity index (χ4n) is 2.09. The molecule has 0 amide bonds. The number of hydrogen-bond donors (Lipinski definition) is 1. The zero-order chi connectivity index (χ0) is 9.80. The van der Waals surface area contributed by atoms with Crippen LogP contribution in [0, 0.1) is 0 Å². The number of allylic oxidation sites excluding steroid dienone is 1. The highest BCUT2D eigenvalue weighted by molar-refractivity contribution is 5.05. The molecule has 0 bridgehead atoms. The molecule has 0 saturated carbocycles. The Morgan fingerprint density at radius 2 is 2.43 bits per heavy atom. The maximum absolute atomic E-state index is 9.26. The van der Waals surface area contributed by atoms with E-state index in [0.29, 0.717) is 13.2 Å². The molecule has 1 aliphatic heterocycles. The lowest BCUT2D eigenvalue weighted by atomic mass is 9.97. The van der Waals surface area contributed by atoms with Crippen molar-refractivity contribution in [3.63, 3.8) is 0 Å². The van der Waals surface area contributed by atoms with Crippen molar-refractivity contribution in [1.29, 1.82) is 0 Å². The summed E-state index contributed by atoms with van der Waals surface area (Å²) in [6.07, 6.45) is 8.39. The van der Waals surface area contributed by atoms with Gasteiger partial charge in [0.15, 0.2) is 0 Å².